The molecule has 18 heavy (non-hydrogen) atoms. The molecule has 0 atom stereocenters. The topological polar surface area (TPSA) is 105 Å². The van der Waals surface area contributed by atoms with E-state index in [1.165, 1.54) is 18.2 Å². The van der Waals surface area contributed by atoms with E-state index in [4.69, 9.17) is 9.84 Å². The van der Waals surface area contributed by atoms with Crippen molar-refractivity contribution < 1.29 is 19.6 Å². The Kier molecular flexibility index (Phi) is 3.24. The molecule has 1 heterocycles. The number of nitro benzene ring substituents is 1. The summed E-state index contributed by atoms with van der Waals surface area (Å²) in [7, 11) is 0. The van der Waals surface area contributed by atoms with Gasteiger partial charge < -0.3 is 14.8 Å². The maximum absolute atomic E-state index is 11.0. The van der Waals surface area contributed by atoms with Crippen molar-refractivity contribution >= 4 is 22.9 Å². The molecule has 0 fully saturated rings. The number of nitro groups is 1. The number of aldehydes is 1. The Bertz CT molecular complexity index is 605. The molecular weight excluding hydrogens is 240 g/mol. The number of aromatic amines is 1. The van der Waals surface area contributed by atoms with Crippen molar-refractivity contribution in [2.24, 2.45) is 0 Å². The van der Waals surface area contributed by atoms with Gasteiger partial charge in [0, 0.05) is 17.5 Å². The first-order valence-corrected chi connectivity index (χ1v) is 5.16. The van der Waals surface area contributed by atoms with E-state index in [-0.39, 0.29) is 30.3 Å². The van der Waals surface area contributed by atoms with Crippen molar-refractivity contribution in [2.45, 2.75) is 0 Å². The third-order valence-electron chi connectivity index (χ3n) is 2.45. The molecule has 0 aliphatic heterocycles. The van der Waals surface area contributed by atoms with Crippen LogP contribution >= 0.6 is 0 Å². The van der Waals surface area contributed by atoms with Crippen LogP contribution in [0.5, 0.6) is 5.88 Å². The van der Waals surface area contributed by atoms with Crippen molar-refractivity contribution in [3.63, 3.8) is 0 Å². The number of carbonyl (C=O) groups excluding carboxylic acids is 1. The molecule has 7 heteroatoms. The van der Waals surface area contributed by atoms with Gasteiger partial charge in [-0.05, 0) is 6.07 Å². The minimum Gasteiger partial charge on any atom is -0.476 e. The van der Waals surface area contributed by atoms with Crippen LogP contribution in [0.25, 0.3) is 10.9 Å². The first-order chi connectivity index (χ1) is 8.67. The van der Waals surface area contributed by atoms with Crippen LogP contribution in [0.2, 0.25) is 0 Å². The van der Waals surface area contributed by atoms with Crippen LogP contribution < -0.4 is 4.74 Å². The number of aliphatic hydroxyl groups is 1. The lowest BCUT2D eigenvalue weighted by Gasteiger charge is -2.00. The van der Waals surface area contributed by atoms with Crippen molar-refractivity contribution in [2.75, 3.05) is 13.2 Å². The number of aromatic nitrogens is 1. The van der Waals surface area contributed by atoms with E-state index in [1.807, 2.05) is 0 Å². The standard InChI is InChI=1S/C11H10N2O5/c14-3-4-18-11-9(6-15)8-2-1-7(13(16)17)5-10(8)12-11/h1-2,5-6,12,14H,3-4H2. The van der Waals surface area contributed by atoms with Gasteiger partial charge in [0.25, 0.3) is 5.69 Å². The van der Waals surface area contributed by atoms with Gasteiger partial charge in [0.15, 0.2) is 6.29 Å². The Labute approximate surface area is 101 Å². The number of fused-ring (bicyclic) bond motifs is 1. The molecule has 2 N–H and O–H groups in total. The molecule has 7 nitrogen and oxygen atoms in total. The molecular formula is C11H10N2O5. The Balaban J connectivity index is 2.53. The van der Waals surface area contributed by atoms with Crippen molar-refractivity contribution in [1.82, 2.24) is 4.98 Å². The fourth-order valence-electron chi connectivity index (χ4n) is 1.67. The molecule has 0 saturated heterocycles. The molecule has 0 spiro atoms. The Morgan fingerprint density at radius 3 is 2.89 bits per heavy atom. The monoisotopic (exact) mass is 250 g/mol. The highest BCUT2D eigenvalue weighted by Gasteiger charge is 2.15. The van der Waals surface area contributed by atoms with Gasteiger partial charge in [0.2, 0.25) is 5.88 Å². The van der Waals surface area contributed by atoms with E-state index in [0.717, 1.165) is 0 Å². The summed E-state index contributed by atoms with van der Waals surface area (Å²) in [6.45, 7) is -0.149. The molecule has 1 aromatic carbocycles. The first-order valence-electron chi connectivity index (χ1n) is 5.16. The summed E-state index contributed by atoms with van der Waals surface area (Å²) in [5.74, 6) is 0.203. The van der Waals surface area contributed by atoms with Crippen LogP contribution in [0.15, 0.2) is 18.2 Å². The van der Waals surface area contributed by atoms with Gasteiger partial charge in [0.05, 0.1) is 22.6 Å². The Morgan fingerprint density at radius 2 is 2.28 bits per heavy atom. The van der Waals surface area contributed by atoms with Crippen molar-refractivity contribution in [1.29, 1.82) is 0 Å². The molecule has 0 aliphatic carbocycles. The van der Waals surface area contributed by atoms with Gasteiger partial charge in [-0.15, -0.1) is 0 Å². The van der Waals surface area contributed by atoms with Gasteiger partial charge in [0.1, 0.15) is 6.61 Å². The summed E-state index contributed by atoms with van der Waals surface area (Å²) in [5, 5.41) is 19.8. The molecule has 2 rings (SSSR count). The van der Waals surface area contributed by atoms with Gasteiger partial charge in [-0.2, -0.15) is 0 Å². The zero-order valence-electron chi connectivity index (χ0n) is 9.25. The van der Waals surface area contributed by atoms with Crippen molar-refractivity contribution in [3.05, 3.63) is 33.9 Å². The molecule has 0 bridgehead atoms. The lowest BCUT2D eigenvalue weighted by molar-refractivity contribution is -0.384. The number of nitrogens with one attached hydrogen (secondary N) is 1. The van der Waals surface area contributed by atoms with Crippen LogP contribution in [0.1, 0.15) is 10.4 Å². The van der Waals surface area contributed by atoms with Crippen LogP contribution in [-0.2, 0) is 0 Å². The number of benzene rings is 1. The number of hydrogen-bond donors (Lipinski definition) is 2. The second-order valence-electron chi connectivity index (χ2n) is 3.54. The second kappa shape index (κ2) is 4.84. The summed E-state index contributed by atoms with van der Waals surface area (Å²) in [5.41, 5.74) is 0.655. The van der Waals surface area contributed by atoms with Crippen LogP contribution in [-0.4, -0.2) is 34.5 Å². The molecule has 0 radical (unpaired) electrons. The third kappa shape index (κ3) is 2.03. The molecule has 94 valence electrons. The summed E-state index contributed by atoms with van der Waals surface area (Å²) < 4.78 is 5.16. The summed E-state index contributed by atoms with van der Waals surface area (Å²) in [6, 6.07) is 4.13. The van der Waals surface area contributed by atoms with Gasteiger partial charge in [-0.25, -0.2) is 0 Å². The average Bonchev–Trinajstić information content (AvgIpc) is 2.72. The first kappa shape index (κ1) is 12.1. The van der Waals surface area contributed by atoms with Crippen molar-refractivity contribution in [3.8, 4) is 5.88 Å². The van der Waals surface area contributed by atoms with Crippen LogP contribution in [0.3, 0.4) is 0 Å². The SMILES string of the molecule is O=Cc1c(OCCO)[nH]c2cc([N+](=O)[O-])ccc12. The average molecular weight is 250 g/mol. The highest BCUT2D eigenvalue weighted by atomic mass is 16.6. The summed E-state index contributed by atoms with van der Waals surface area (Å²) in [4.78, 5) is 23.9. The number of aliphatic hydroxyl groups excluding tert-OH is 1. The fourth-order valence-corrected chi connectivity index (χ4v) is 1.67. The van der Waals surface area contributed by atoms with Crippen LogP contribution in [0.4, 0.5) is 5.69 Å². The molecule has 1 aromatic heterocycles. The third-order valence-corrected chi connectivity index (χ3v) is 2.45. The Morgan fingerprint density at radius 1 is 1.50 bits per heavy atom. The normalized spacial score (nSPS) is 10.5. The highest BCUT2D eigenvalue weighted by molar-refractivity contribution is 6.00. The number of non-ortho nitro benzene ring substituents is 1. The second-order valence-corrected chi connectivity index (χ2v) is 3.54. The van der Waals surface area contributed by atoms with E-state index in [0.29, 0.717) is 17.2 Å². The van der Waals surface area contributed by atoms with Gasteiger partial charge >= 0.3 is 0 Å². The number of hydrogen-bond acceptors (Lipinski definition) is 5. The van der Waals surface area contributed by atoms with E-state index in [1.54, 1.807) is 0 Å². The zero-order valence-corrected chi connectivity index (χ0v) is 9.25. The fraction of sp³-hybridized carbons (Fsp3) is 0.182. The molecule has 0 unspecified atom stereocenters. The number of nitrogens with zero attached hydrogens (tertiary/aromatic N) is 1. The zero-order chi connectivity index (χ0) is 13.1. The minimum atomic E-state index is -0.519. The molecule has 0 amide bonds. The minimum absolute atomic E-state index is 0.0375. The lowest BCUT2D eigenvalue weighted by Crippen LogP contribution is -2.03. The molecule has 2 aromatic rings. The maximum Gasteiger partial charge on any atom is 0.271 e. The quantitative estimate of drug-likeness (QED) is 0.472. The van der Waals surface area contributed by atoms with Gasteiger partial charge in [-0.1, -0.05) is 0 Å². The predicted octanol–water partition coefficient (Wildman–Crippen LogP) is 1.26. The smallest absolute Gasteiger partial charge is 0.271 e. The summed E-state index contributed by atoms with van der Waals surface area (Å²) >= 11 is 0. The van der Waals surface area contributed by atoms with E-state index in [9.17, 15) is 14.9 Å². The number of ether oxygens (including phenoxy) is 1. The molecule has 0 aliphatic rings. The highest BCUT2D eigenvalue weighted by Crippen LogP contribution is 2.29. The maximum atomic E-state index is 11.0. The lowest BCUT2D eigenvalue weighted by atomic mass is 10.2. The van der Waals surface area contributed by atoms with Gasteiger partial charge in [-0.3, -0.25) is 14.9 Å². The predicted molar refractivity (Wildman–Crippen MR) is 62.9 cm³/mol. The summed E-state index contributed by atoms with van der Waals surface area (Å²) in [6.07, 6.45) is 0.609. The Hall–Kier alpha value is -2.41. The number of rotatable bonds is 5. The number of carbonyl (C=O) groups is 1. The molecule has 0 saturated carbocycles. The van der Waals surface area contributed by atoms with E-state index in [2.05, 4.69) is 4.98 Å². The van der Waals surface area contributed by atoms with Crippen LogP contribution in [0, 0.1) is 10.1 Å². The number of H-pyrrole nitrogens is 1. The largest absolute Gasteiger partial charge is 0.476 e. The van der Waals surface area contributed by atoms with E-state index < -0.39 is 4.92 Å². The van der Waals surface area contributed by atoms with E-state index >= 15 is 0 Å².